The molecule has 0 N–H and O–H groups in total. The third-order valence-electron chi connectivity index (χ3n) is 15.5. The summed E-state index contributed by atoms with van der Waals surface area (Å²) >= 11 is 0. The molecule has 74 heavy (non-hydrogen) atoms. The Morgan fingerprint density at radius 3 is 0.892 bits per heavy atom. The molecule has 0 bridgehead atoms. The van der Waals surface area contributed by atoms with Crippen LogP contribution in [0.2, 0.25) is 0 Å². The Bertz CT molecular complexity index is 3890. The molecule has 0 aliphatic carbocycles. The minimum absolute atomic E-state index is 1.19. The molecular formula is C72H52Si2. The predicted octanol–water partition coefficient (Wildman–Crippen LogP) is 12.9. The molecule has 2 heteroatoms. The average molecular weight is 973 g/mol. The van der Waals surface area contributed by atoms with E-state index in [1.165, 1.54) is 107 Å². The molecule has 348 valence electrons. The highest BCUT2D eigenvalue weighted by Gasteiger charge is 2.43. The summed E-state index contributed by atoms with van der Waals surface area (Å²) in [6, 6.07) is 119. The second kappa shape index (κ2) is 19.2. The van der Waals surface area contributed by atoms with Gasteiger partial charge >= 0.3 is 0 Å². The van der Waals surface area contributed by atoms with Crippen molar-refractivity contribution in [3.05, 3.63) is 315 Å². The van der Waals surface area contributed by atoms with Crippen molar-refractivity contribution in [1.82, 2.24) is 0 Å². The van der Waals surface area contributed by atoms with Crippen molar-refractivity contribution in [3.63, 3.8) is 0 Å². The highest BCUT2D eigenvalue weighted by Crippen LogP contribution is 2.45. The van der Waals surface area contributed by atoms with Gasteiger partial charge in [0.25, 0.3) is 0 Å². The van der Waals surface area contributed by atoms with Crippen molar-refractivity contribution in [2.45, 2.75) is 0 Å². The predicted molar refractivity (Wildman–Crippen MR) is 323 cm³/mol. The zero-order valence-electron chi connectivity index (χ0n) is 41.0. The first-order valence-electron chi connectivity index (χ1n) is 25.7. The number of hydrogen-bond acceptors (Lipinski definition) is 0. The Labute approximate surface area is 436 Å². The van der Waals surface area contributed by atoms with Gasteiger partial charge in [-0.15, -0.1) is 0 Å². The summed E-state index contributed by atoms with van der Waals surface area (Å²) in [5.41, 5.74) is 7.29. The topological polar surface area (TPSA) is 0 Å². The summed E-state index contributed by atoms with van der Waals surface area (Å²) in [4.78, 5) is 0. The van der Waals surface area contributed by atoms with Gasteiger partial charge in [-0.1, -0.05) is 303 Å². The summed E-state index contributed by atoms with van der Waals surface area (Å²) in [6.45, 7) is 0. The van der Waals surface area contributed by atoms with Crippen LogP contribution < -0.4 is 41.5 Å². The van der Waals surface area contributed by atoms with Crippen LogP contribution in [0.15, 0.2) is 315 Å². The Balaban J connectivity index is 1.21. The molecule has 0 unspecified atom stereocenters. The van der Waals surface area contributed by atoms with Crippen LogP contribution >= 0.6 is 0 Å². The van der Waals surface area contributed by atoms with Crippen LogP contribution in [0.25, 0.3) is 65.7 Å². The maximum Gasteiger partial charge on any atom is 0.179 e. The van der Waals surface area contributed by atoms with Crippen LogP contribution in [0, 0.1) is 0 Å². The fraction of sp³-hybridized carbons (Fsp3) is 0. The molecule has 0 nitrogen and oxygen atoms in total. The highest BCUT2D eigenvalue weighted by molar-refractivity contribution is 7.20. The molecule has 0 saturated carbocycles. The highest BCUT2D eigenvalue weighted by atomic mass is 28.3. The molecule has 13 aromatic rings. The van der Waals surface area contributed by atoms with E-state index in [-0.39, 0.29) is 0 Å². The maximum absolute atomic E-state index is 2.95. The second-order valence-corrected chi connectivity index (χ2v) is 27.1. The van der Waals surface area contributed by atoms with Crippen LogP contribution in [-0.4, -0.2) is 16.1 Å². The van der Waals surface area contributed by atoms with Gasteiger partial charge in [-0.3, -0.25) is 0 Å². The molecule has 0 heterocycles. The fourth-order valence-corrected chi connectivity index (χ4v) is 21.8. The van der Waals surface area contributed by atoms with Gasteiger partial charge < -0.3 is 0 Å². The maximum atomic E-state index is 2.61. The summed E-state index contributed by atoms with van der Waals surface area (Å²) < 4.78 is 0. The minimum Gasteiger partial charge on any atom is -0.0623 e. The van der Waals surface area contributed by atoms with Crippen LogP contribution in [0.3, 0.4) is 0 Å². The van der Waals surface area contributed by atoms with E-state index in [0.29, 0.717) is 0 Å². The normalized spacial score (nSPS) is 11.8. The summed E-state index contributed by atoms with van der Waals surface area (Å²) in [5.74, 6) is 0. The Hall–Kier alpha value is -8.93. The van der Waals surface area contributed by atoms with E-state index in [0.717, 1.165) is 0 Å². The first-order valence-corrected chi connectivity index (χ1v) is 29.7. The number of rotatable bonds is 11. The second-order valence-electron chi connectivity index (χ2n) is 19.5. The lowest BCUT2D eigenvalue weighted by molar-refractivity contribution is 1.61. The molecular weight excluding hydrogens is 921 g/mol. The molecule has 0 amide bonds. The lowest BCUT2D eigenvalue weighted by Gasteiger charge is -2.35. The number of hydrogen-bond donors (Lipinski definition) is 0. The van der Waals surface area contributed by atoms with Crippen LogP contribution in [0.4, 0.5) is 0 Å². The lowest BCUT2D eigenvalue weighted by Crippen LogP contribution is -2.74. The van der Waals surface area contributed by atoms with Crippen LogP contribution in [-0.2, 0) is 0 Å². The van der Waals surface area contributed by atoms with E-state index in [9.17, 15) is 0 Å². The van der Waals surface area contributed by atoms with Crippen molar-refractivity contribution in [2.24, 2.45) is 0 Å². The summed E-state index contributed by atoms with van der Waals surface area (Å²) in [5, 5.41) is 18.2. The van der Waals surface area contributed by atoms with E-state index in [1.807, 2.05) is 0 Å². The fourth-order valence-electron chi connectivity index (χ4n) is 12.3. The molecule has 13 rings (SSSR count). The van der Waals surface area contributed by atoms with E-state index < -0.39 is 16.1 Å². The van der Waals surface area contributed by atoms with Gasteiger partial charge in [-0.05, 0) is 119 Å². The molecule has 0 atom stereocenters. The van der Waals surface area contributed by atoms with Gasteiger partial charge in [0.05, 0.1) is 0 Å². The molecule has 0 fully saturated rings. The van der Waals surface area contributed by atoms with E-state index in [1.54, 1.807) is 0 Å². The Kier molecular flexibility index (Phi) is 11.7. The largest absolute Gasteiger partial charge is 0.179 e. The van der Waals surface area contributed by atoms with Gasteiger partial charge in [0, 0.05) is 0 Å². The summed E-state index contributed by atoms with van der Waals surface area (Å²) in [7, 11) is -5.89. The van der Waals surface area contributed by atoms with Gasteiger partial charge in [-0.2, -0.15) is 0 Å². The Morgan fingerprint density at radius 1 is 0.162 bits per heavy atom. The van der Waals surface area contributed by atoms with Crippen molar-refractivity contribution in [1.29, 1.82) is 0 Å². The summed E-state index contributed by atoms with van der Waals surface area (Å²) in [6.07, 6.45) is 0. The van der Waals surface area contributed by atoms with E-state index in [4.69, 9.17) is 0 Å². The number of fused-ring (bicyclic) bond motifs is 3. The minimum atomic E-state index is -2.95. The van der Waals surface area contributed by atoms with Crippen molar-refractivity contribution >= 4 is 90.0 Å². The monoisotopic (exact) mass is 972 g/mol. The van der Waals surface area contributed by atoms with Crippen molar-refractivity contribution in [3.8, 4) is 33.4 Å². The molecule has 0 radical (unpaired) electrons. The SMILES string of the molecule is c1ccc(-c2cccc(-c3c4ccc([Si](c5ccccc5)(c5ccccc5)c5ccccc5)cc4c(-c4ccc5ccccc5c4)c4ccc([Si](c5ccccc5)(c5ccccc5)c5ccccc5)cc34)c2)cc1. The molecule has 0 aliphatic rings. The van der Waals surface area contributed by atoms with Gasteiger partial charge in [0.15, 0.2) is 16.1 Å². The third-order valence-corrected chi connectivity index (χ3v) is 25.1. The Morgan fingerprint density at radius 2 is 0.486 bits per heavy atom. The molecule has 0 aliphatic heterocycles. The smallest absolute Gasteiger partial charge is 0.0623 e. The lowest BCUT2D eigenvalue weighted by atomic mass is 9.85. The average Bonchev–Trinajstić information content (AvgIpc) is 3.51. The van der Waals surface area contributed by atoms with Crippen LogP contribution in [0.1, 0.15) is 0 Å². The first kappa shape index (κ1) is 45.0. The standard InChI is InChI=1S/C72H52Si2/c1-8-25-53(26-9-1)56-29-24-30-57(49-56)71-67-47-45-66(74(62-37-16-5-17-38-62,63-39-18-6-19-40-63)64-41-20-7-21-42-64)52-70(67)72(58-44-43-54-27-22-23-28-55(54)50-58)68-48-46-65(51-69(68)71)73(59-31-10-2-11-32-59,60-33-12-3-13-34-60)61-35-14-4-15-36-61/h1-52H. The zero-order valence-corrected chi connectivity index (χ0v) is 43.0. The molecule has 0 spiro atoms. The van der Waals surface area contributed by atoms with Gasteiger partial charge in [0.1, 0.15) is 0 Å². The third kappa shape index (κ3) is 7.58. The molecule has 13 aromatic carbocycles. The zero-order chi connectivity index (χ0) is 49.3. The van der Waals surface area contributed by atoms with Crippen molar-refractivity contribution in [2.75, 3.05) is 0 Å². The quantitative estimate of drug-likeness (QED) is 0.0688. The van der Waals surface area contributed by atoms with E-state index >= 15 is 0 Å². The number of benzene rings is 13. The molecule has 0 saturated heterocycles. The van der Waals surface area contributed by atoms with E-state index in [2.05, 4.69) is 315 Å². The van der Waals surface area contributed by atoms with Crippen molar-refractivity contribution < 1.29 is 0 Å². The molecule has 0 aromatic heterocycles. The van der Waals surface area contributed by atoms with Crippen LogP contribution in [0.5, 0.6) is 0 Å². The van der Waals surface area contributed by atoms with Gasteiger partial charge in [-0.25, -0.2) is 0 Å². The van der Waals surface area contributed by atoms with Gasteiger partial charge in [0.2, 0.25) is 0 Å². The first-order chi connectivity index (χ1) is 36.7.